The number of rotatable bonds is 4. The van der Waals surface area contributed by atoms with Gasteiger partial charge < -0.3 is 0 Å². The normalized spacial score (nSPS) is 40.3. The van der Waals surface area contributed by atoms with E-state index in [1.807, 2.05) is 13.8 Å². The molecule has 134 valence electrons. The molecule has 4 nitrogen and oxygen atoms in total. The van der Waals surface area contributed by atoms with Crippen molar-refractivity contribution in [2.75, 3.05) is 6.61 Å². The summed E-state index contributed by atoms with van der Waals surface area (Å²) in [5.41, 5.74) is 0. The van der Waals surface area contributed by atoms with Crippen LogP contribution in [0, 0.1) is 17.8 Å². The van der Waals surface area contributed by atoms with Crippen LogP contribution < -0.4 is 0 Å². The van der Waals surface area contributed by atoms with Crippen molar-refractivity contribution in [3.8, 4) is 0 Å². The zero-order valence-corrected chi connectivity index (χ0v) is 17.1. The molecule has 1 aliphatic heterocycles. The maximum atomic E-state index is 12.7. The summed E-state index contributed by atoms with van der Waals surface area (Å²) in [7, 11) is 0. The Balaban J connectivity index is 1.99. The zero-order chi connectivity index (χ0) is 18.2. The standard InChI is InChI=1S/C14H13Cl6NO3/c1-5(2)3-4-24-21-10(22)6-7(11(21)23)13(18)9(16)8(15)12(6,17)14(13,19)20/h5-7H,3-4H2,1-2H3/t6-,7-,12+,13+/m0/s1. The number of allylic oxidation sites excluding steroid dienone is 2. The third-order valence-corrected chi connectivity index (χ3v) is 9.04. The van der Waals surface area contributed by atoms with Gasteiger partial charge >= 0.3 is 0 Å². The molecule has 1 heterocycles. The van der Waals surface area contributed by atoms with Crippen molar-refractivity contribution in [2.45, 2.75) is 34.3 Å². The van der Waals surface area contributed by atoms with Gasteiger partial charge in [-0.25, -0.2) is 0 Å². The molecule has 24 heavy (non-hydrogen) atoms. The summed E-state index contributed by atoms with van der Waals surface area (Å²) in [6.07, 6.45) is 0.666. The first-order valence-electron chi connectivity index (χ1n) is 7.26. The van der Waals surface area contributed by atoms with Gasteiger partial charge in [0, 0.05) is 0 Å². The third kappa shape index (κ3) is 2.00. The molecule has 0 spiro atoms. The predicted octanol–water partition coefficient (Wildman–Crippen LogP) is 4.41. The summed E-state index contributed by atoms with van der Waals surface area (Å²) in [6, 6.07) is 0. The third-order valence-electron chi connectivity index (χ3n) is 4.78. The Morgan fingerprint density at radius 2 is 1.42 bits per heavy atom. The van der Waals surface area contributed by atoms with Crippen molar-refractivity contribution >= 4 is 81.4 Å². The van der Waals surface area contributed by atoms with Crippen LogP contribution in [-0.4, -0.2) is 37.6 Å². The summed E-state index contributed by atoms with van der Waals surface area (Å²) >= 11 is 38.2. The molecule has 3 rings (SSSR count). The second-order valence-corrected chi connectivity index (χ2v) is 9.84. The van der Waals surface area contributed by atoms with Crippen LogP contribution in [0.1, 0.15) is 20.3 Å². The molecule has 1 saturated heterocycles. The highest BCUT2D eigenvalue weighted by Crippen LogP contribution is 2.77. The molecule has 0 aromatic rings. The minimum absolute atomic E-state index is 0.114. The predicted molar refractivity (Wildman–Crippen MR) is 94.6 cm³/mol. The molecule has 0 aromatic carbocycles. The van der Waals surface area contributed by atoms with E-state index < -0.39 is 37.7 Å². The molecule has 0 unspecified atom stereocenters. The number of fused-ring (bicyclic) bond motifs is 5. The van der Waals surface area contributed by atoms with Gasteiger partial charge in [-0.2, -0.15) is 5.06 Å². The molecule has 2 amide bonds. The number of hydrogen-bond acceptors (Lipinski definition) is 3. The van der Waals surface area contributed by atoms with E-state index in [0.717, 1.165) is 0 Å². The first-order valence-corrected chi connectivity index (χ1v) is 9.53. The second kappa shape index (κ2) is 5.79. The lowest BCUT2D eigenvalue weighted by Crippen LogP contribution is -2.50. The molecule has 0 N–H and O–H groups in total. The molecule has 1 saturated carbocycles. The number of halogens is 6. The van der Waals surface area contributed by atoms with Crippen LogP contribution in [0.3, 0.4) is 0 Å². The summed E-state index contributed by atoms with van der Waals surface area (Å²) in [5, 5.41) is 0.462. The van der Waals surface area contributed by atoms with Crippen molar-refractivity contribution in [1.29, 1.82) is 0 Å². The molecular formula is C14H13Cl6NO3. The molecule has 2 fully saturated rings. The van der Waals surface area contributed by atoms with Gasteiger partial charge in [0.1, 0.15) is 9.75 Å². The monoisotopic (exact) mass is 453 g/mol. The number of imide groups is 1. The van der Waals surface area contributed by atoms with Gasteiger partial charge in [0.25, 0.3) is 11.8 Å². The Hall–Kier alpha value is 0.580. The SMILES string of the molecule is CC(C)CCON1C(=O)[C@@H]2[C@@H](C1=O)[C@@]1(Cl)C(Cl)=C(Cl)[C@@]2(Cl)C1(Cl)Cl. The smallest absolute Gasteiger partial charge is 0.259 e. The van der Waals surface area contributed by atoms with E-state index >= 15 is 0 Å². The molecule has 3 aliphatic rings. The maximum absolute atomic E-state index is 12.7. The molecule has 2 aliphatic carbocycles. The lowest BCUT2D eigenvalue weighted by molar-refractivity contribution is -0.190. The van der Waals surface area contributed by atoms with E-state index in [1.165, 1.54) is 0 Å². The van der Waals surface area contributed by atoms with E-state index in [-0.39, 0.29) is 16.7 Å². The first-order chi connectivity index (χ1) is 10.9. The summed E-state index contributed by atoms with van der Waals surface area (Å²) in [6.45, 7) is 4.18. The topological polar surface area (TPSA) is 46.6 Å². The number of amides is 2. The van der Waals surface area contributed by atoms with Crippen LogP contribution in [0.2, 0.25) is 0 Å². The molecule has 0 aromatic heterocycles. The van der Waals surface area contributed by atoms with Crippen molar-refractivity contribution in [1.82, 2.24) is 5.06 Å². The number of alkyl halides is 4. The molecular weight excluding hydrogens is 443 g/mol. The van der Waals surface area contributed by atoms with E-state index in [1.54, 1.807) is 0 Å². The fourth-order valence-electron chi connectivity index (χ4n) is 3.48. The minimum Gasteiger partial charge on any atom is -0.272 e. The van der Waals surface area contributed by atoms with Crippen LogP contribution in [0.4, 0.5) is 0 Å². The van der Waals surface area contributed by atoms with Crippen molar-refractivity contribution in [3.63, 3.8) is 0 Å². The fourth-order valence-corrected chi connectivity index (χ4v) is 6.41. The highest BCUT2D eigenvalue weighted by Gasteiger charge is 2.87. The van der Waals surface area contributed by atoms with Gasteiger partial charge in [-0.1, -0.05) is 60.3 Å². The van der Waals surface area contributed by atoms with E-state index in [9.17, 15) is 9.59 Å². The summed E-state index contributed by atoms with van der Waals surface area (Å²) in [4.78, 5) is 27.3. The maximum Gasteiger partial charge on any atom is 0.259 e. The number of hydrogen-bond donors (Lipinski definition) is 0. The van der Waals surface area contributed by atoms with Crippen LogP contribution in [0.25, 0.3) is 0 Å². The number of nitrogens with zero attached hydrogens (tertiary/aromatic N) is 1. The van der Waals surface area contributed by atoms with Gasteiger partial charge in [0.05, 0.1) is 28.5 Å². The summed E-state index contributed by atoms with van der Waals surface area (Å²) < 4.78 is -1.91. The molecule has 4 atom stereocenters. The van der Waals surface area contributed by atoms with Crippen LogP contribution in [0.15, 0.2) is 10.1 Å². The van der Waals surface area contributed by atoms with Gasteiger partial charge in [0.2, 0.25) is 0 Å². The Morgan fingerprint density at radius 1 is 1.00 bits per heavy atom. The molecule has 0 radical (unpaired) electrons. The largest absolute Gasteiger partial charge is 0.272 e. The van der Waals surface area contributed by atoms with Crippen molar-refractivity contribution in [3.05, 3.63) is 10.1 Å². The first kappa shape index (κ1) is 19.3. The zero-order valence-electron chi connectivity index (χ0n) is 12.6. The average molecular weight is 456 g/mol. The Bertz CT molecular complexity index is 619. The highest BCUT2D eigenvalue weighted by molar-refractivity contribution is 6.66. The lowest BCUT2D eigenvalue weighted by atomic mass is 9.84. The van der Waals surface area contributed by atoms with Gasteiger partial charge in [-0.05, 0) is 12.3 Å². The van der Waals surface area contributed by atoms with Crippen LogP contribution >= 0.6 is 69.6 Å². The van der Waals surface area contributed by atoms with Crippen molar-refractivity contribution < 1.29 is 14.4 Å². The lowest BCUT2D eigenvalue weighted by Gasteiger charge is -2.34. The average Bonchev–Trinajstić information content (AvgIpc) is 2.86. The second-order valence-electron chi connectivity index (χ2n) is 6.57. The Morgan fingerprint density at radius 3 is 1.79 bits per heavy atom. The van der Waals surface area contributed by atoms with E-state index in [2.05, 4.69) is 0 Å². The van der Waals surface area contributed by atoms with E-state index in [0.29, 0.717) is 17.4 Å². The number of carbonyl (C=O) groups excluding carboxylic acids is 2. The quantitative estimate of drug-likeness (QED) is 0.466. The van der Waals surface area contributed by atoms with Crippen LogP contribution in [-0.2, 0) is 14.4 Å². The van der Waals surface area contributed by atoms with Gasteiger partial charge in [-0.15, -0.1) is 23.2 Å². The Kier molecular flexibility index (Phi) is 4.66. The Labute approximate surface area is 169 Å². The minimum atomic E-state index is -1.91. The van der Waals surface area contributed by atoms with Gasteiger partial charge in [0.15, 0.2) is 4.33 Å². The van der Waals surface area contributed by atoms with Crippen LogP contribution in [0.5, 0.6) is 0 Å². The molecule has 10 heteroatoms. The number of carbonyl (C=O) groups is 2. The molecule has 2 bridgehead atoms. The van der Waals surface area contributed by atoms with E-state index in [4.69, 9.17) is 74.4 Å². The fraction of sp³-hybridized carbons (Fsp3) is 0.714. The summed E-state index contributed by atoms with van der Waals surface area (Å²) in [5.74, 6) is -3.28. The van der Waals surface area contributed by atoms with Crippen molar-refractivity contribution in [2.24, 2.45) is 17.8 Å². The highest BCUT2D eigenvalue weighted by atomic mass is 35.5. The number of hydroxylamine groups is 2. The van der Waals surface area contributed by atoms with Gasteiger partial charge in [-0.3, -0.25) is 14.4 Å².